The molecule has 0 aliphatic rings. The van der Waals surface area contributed by atoms with Crippen molar-refractivity contribution in [3.8, 4) is 11.8 Å². The predicted octanol–water partition coefficient (Wildman–Crippen LogP) is 2.53. The maximum atomic E-state index is 12.2. The molecule has 0 atom stereocenters. The first-order chi connectivity index (χ1) is 12.1. The first kappa shape index (κ1) is 18.0. The number of nitriles is 1. The van der Waals surface area contributed by atoms with Gasteiger partial charge in [0.2, 0.25) is 0 Å². The predicted molar refractivity (Wildman–Crippen MR) is 92.1 cm³/mol. The highest BCUT2D eigenvalue weighted by Gasteiger charge is 2.16. The summed E-state index contributed by atoms with van der Waals surface area (Å²) in [5.74, 6) is -0.496. The molecule has 0 radical (unpaired) electrons. The van der Waals surface area contributed by atoms with Crippen molar-refractivity contribution in [3.05, 3.63) is 60.2 Å². The van der Waals surface area contributed by atoms with E-state index in [1.165, 1.54) is 4.90 Å². The summed E-state index contributed by atoms with van der Waals surface area (Å²) in [6, 6.07) is 17.5. The molecule has 0 spiro atoms. The Morgan fingerprint density at radius 2 is 1.72 bits per heavy atom. The van der Waals surface area contributed by atoms with Crippen molar-refractivity contribution >= 4 is 17.6 Å². The van der Waals surface area contributed by atoms with Crippen LogP contribution in [-0.4, -0.2) is 31.6 Å². The minimum atomic E-state index is -0.637. The van der Waals surface area contributed by atoms with Crippen LogP contribution in [0.5, 0.6) is 5.75 Å². The fraction of sp³-hybridized carbons (Fsp3) is 0.211. The van der Waals surface area contributed by atoms with Gasteiger partial charge < -0.3 is 14.4 Å². The van der Waals surface area contributed by atoms with E-state index >= 15 is 0 Å². The SMILES string of the molecule is CCN(C(=O)COC(=O)COc1ccc(C#N)cc1)c1ccccc1. The van der Waals surface area contributed by atoms with Crippen LogP contribution in [0.3, 0.4) is 0 Å². The molecule has 1 amide bonds. The fourth-order valence-electron chi connectivity index (χ4n) is 2.14. The van der Waals surface area contributed by atoms with Gasteiger partial charge in [0.15, 0.2) is 13.2 Å². The van der Waals surface area contributed by atoms with Crippen LogP contribution in [0, 0.1) is 11.3 Å². The zero-order valence-corrected chi connectivity index (χ0v) is 13.8. The van der Waals surface area contributed by atoms with E-state index in [0.29, 0.717) is 17.9 Å². The summed E-state index contributed by atoms with van der Waals surface area (Å²) >= 11 is 0. The molecule has 0 aliphatic heterocycles. The molecule has 0 aliphatic carbocycles. The Balaban J connectivity index is 1.80. The number of amides is 1. The van der Waals surface area contributed by atoms with Crippen molar-refractivity contribution in [2.45, 2.75) is 6.92 Å². The van der Waals surface area contributed by atoms with Crippen LogP contribution >= 0.6 is 0 Å². The number of esters is 1. The molecule has 6 nitrogen and oxygen atoms in total. The van der Waals surface area contributed by atoms with Crippen LogP contribution < -0.4 is 9.64 Å². The maximum absolute atomic E-state index is 12.2. The summed E-state index contributed by atoms with van der Waals surface area (Å²) in [5, 5.41) is 8.72. The second-order valence-corrected chi connectivity index (χ2v) is 5.06. The second-order valence-electron chi connectivity index (χ2n) is 5.06. The van der Waals surface area contributed by atoms with Crippen molar-refractivity contribution in [1.82, 2.24) is 0 Å². The topological polar surface area (TPSA) is 79.6 Å². The minimum Gasteiger partial charge on any atom is -0.482 e. The molecule has 0 heterocycles. The lowest BCUT2D eigenvalue weighted by atomic mass is 10.2. The van der Waals surface area contributed by atoms with E-state index in [2.05, 4.69) is 0 Å². The monoisotopic (exact) mass is 338 g/mol. The van der Waals surface area contributed by atoms with Crippen LogP contribution in [0.15, 0.2) is 54.6 Å². The zero-order valence-electron chi connectivity index (χ0n) is 13.8. The fourth-order valence-corrected chi connectivity index (χ4v) is 2.14. The lowest BCUT2D eigenvalue weighted by Gasteiger charge is -2.20. The van der Waals surface area contributed by atoms with E-state index in [1.807, 2.05) is 43.3 Å². The highest BCUT2D eigenvalue weighted by atomic mass is 16.6. The number of rotatable bonds is 7. The van der Waals surface area contributed by atoms with Crippen molar-refractivity contribution < 1.29 is 19.1 Å². The van der Waals surface area contributed by atoms with Crippen LogP contribution in [0.25, 0.3) is 0 Å². The minimum absolute atomic E-state index is 0.305. The molecule has 0 aromatic heterocycles. The molecule has 128 valence electrons. The van der Waals surface area contributed by atoms with E-state index in [0.717, 1.165) is 5.69 Å². The van der Waals surface area contributed by atoms with E-state index in [9.17, 15) is 9.59 Å². The highest BCUT2D eigenvalue weighted by molar-refractivity contribution is 5.95. The smallest absolute Gasteiger partial charge is 0.344 e. The molecular weight excluding hydrogens is 320 g/mol. The summed E-state index contributed by atoms with van der Waals surface area (Å²) in [5.41, 5.74) is 1.25. The normalized spacial score (nSPS) is 9.76. The average molecular weight is 338 g/mol. The Hall–Kier alpha value is -3.33. The molecule has 0 bridgehead atoms. The third-order valence-electron chi connectivity index (χ3n) is 3.38. The van der Waals surface area contributed by atoms with Crippen LogP contribution in [-0.2, 0) is 14.3 Å². The van der Waals surface area contributed by atoms with Gasteiger partial charge in [-0.2, -0.15) is 5.26 Å². The first-order valence-electron chi connectivity index (χ1n) is 7.78. The number of para-hydroxylation sites is 1. The Kier molecular flexibility index (Phi) is 6.55. The molecule has 0 saturated heterocycles. The largest absolute Gasteiger partial charge is 0.482 e. The van der Waals surface area contributed by atoms with Gasteiger partial charge in [-0.15, -0.1) is 0 Å². The van der Waals surface area contributed by atoms with Gasteiger partial charge in [0.1, 0.15) is 5.75 Å². The molecule has 2 aromatic carbocycles. The molecule has 0 fully saturated rings. The lowest BCUT2D eigenvalue weighted by Crippen LogP contribution is -2.35. The number of ether oxygens (including phenoxy) is 2. The van der Waals surface area contributed by atoms with Gasteiger partial charge in [-0.3, -0.25) is 4.79 Å². The number of hydrogen-bond donors (Lipinski definition) is 0. The van der Waals surface area contributed by atoms with Gasteiger partial charge in [-0.05, 0) is 43.3 Å². The summed E-state index contributed by atoms with van der Waals surface area (Å²) in [6.45, 7) is 1.66. The van der Waals surface area contributed by atoms with Crippen LogP contribution in [0.1, 0.15) is 12.5 Å². The van der Waals surface area contributed by atoms with Crippen molar-refractivity contribution in [2.75, 3.05) is 24.7 Å². The summed E-state index contributed by atoms with van der Waals surface area (Å²) in [7, 11) is 0. The van der Waals surface area contributed by atoms with Gasteiger partial charge in [0.25, 0.3) is 5.91 Å². The van der Waals surface area contributed by atoms with Crippen molar-refractivity contribution in [2.24, 2.45) is 0 Å². The number of carbonyl (C=O) groups excluding carboxylic acids is 2. The van der Waals surface area contributed by atoms with E-state index in [-0.39, 0.29) is 19.1 Å². The summed E-state index contributed by atoms with van der Waals surface area (Å²) in [4.78, 5) is 25.5. The first-order valence-corrected chi connectivity index (χ1v) is 7.78. The number of carbonyl (C=O) groups is 2. The molecule has 0 saturated carbocycles. The van der Waals surface area contributed by atoms with E-state index in [1.54, 1.807) is 24.3 Å². The van der Waals surface area contributed by atoms with Gasteiger partial charge in [-0.25, -0.2) is 4.79 Å². The molecule has 2 rings (SSSR count). The zero-order chi connectivity index (χ0) is 18.1. The lowest BCUT2D eigenvalue weighted by molar-refractivity contribution is -0.149. The van der Waals surface area contributed by atoms with Crippen molar-refractivity contribution in [1.29, 1.82) is 5.26 Å². The van der Waals surface area contributed by atoms with Gasteiger partial charge in [0.05, 0.1) is 11.6 Å². The Bertz CT molecular complexity index is 751. The quantitative estimate of drug-likeness (QED) is 0.725. The van der Waals surface area contributed by atoms with E-state index in [4.69, 9.17) is 14.7 Å². The van der Waals surface area contributed by atoms with Crippen LogP contribution in [0.2, 0.25) is 0 Å². The molecular formula is C19H18N2O4. The molecule has 0 N–H and O–H groups in total. The standard InChI is InChI=1S/C19H18N2O4/c1-2-21(16-6-4-3-5-7-16)18(22)13-25-19(23)14-24-17-10-8-15(12-20)9-11-17/h3-11H,2,13-14H2,1H3. The Morgan fingerprint density at radius 3 is 2.32 bits per heavy atom. The summed E-state index contributed by atoms with van der Waals surface area (Å²) < 4.78 is 10.2. The average Bonchev–Trinajstić information content (AvgIpc) is 2.66. The maximum Gasteiger partial charge on any atom is 0.344 e. The van der Waals surface area contributed by atoms with Gasteiger partial charge in [-0.1, -0.05) is 18.2 Å². The molecule has 6 heteroatoms. The molecule has 25 heavy (non-hydrogen) atoms. The second kappa shape index (κ2) is 9.08. The van der Waals surface area contributed by atoms with Gasteiger partial charge >= 0.3 is 5.97 Å². The third-order valence-corrected chi connectivity index (χ3v) is 3.38. The third kappa shape index (κ3) is 5.36. The number of nitrogens with zero attached hydrogens (tertiary/aromatic N) is 2. The Labute approximate surface area is 146 Å². The summed E-state index contributed by atoms with van der Waals surface area (Å²) in [6.07, 6.45) is 0. The number of benzene rings is 2. The van der Waals surface area contributed by atoms with Crippen molar-refractivity contribution in [3.63, 3.8) is 0 Å². The number of anilines is 1. The van der Waals surface area contributed by atoms with Gasteiger partial charge in [0, 0.05) is 12.2 Å². The highest BCUT2D eigenvalue weighted by Crippen LogP contribution is 2.13. The number of hydrogen-bond acceptors (Lipinski definition) is 5. The van der Waals surface area contributed by atoms with E-state index < -0.39 is 5.97 Å². The molecule has 0 unspecified atom stereocenters. The number of likely N-dealkylation sites (N-methyl/N-ethyl adjacent to an activating group) is 1. The molecule has 2 aromatic rings. The Morgan fingerprint density at radius 1 is 1.04 bits per heavy atom. The van der Waals surface area contributed by atoms with Crippen LogP contribution in [0.4, 0.5) is 5.69 Å².